The van der Waals surface area contributed by atoms with Crippen molar-refractivity contribution in [2.24, 2.45) is 0 Å². The van der Waals surface area contributed by atoms with Crippen LogP contribution in [0.5, 0.6) is 0 Å². The van der Waals surface area contributed by atoms with Crippen molar-refractivity contribution >= 4 is 22.9 Å². The third-order valence-corrected chi connectivity index (χ3v) is 2.54. The van der Waals surface area contributed by atoms with Crippen LogP contribution in [-0.2, 0) is 13.1 Å². The first-order chi connectivity index (χ1) is 5.45. The van der Waals surface area contributed by atoms with Crippen LogP contribution in [0.4, 0.5) is 0 Å². The summed E-state index contributed by atoms with van der Waals surface area (Å²) < 4.78 is 8.34. The van der Waals surface area contributed by atoms with Crippen LogP contribution in [0.25, 0.3) is 11.2 Å². The third kappa shape index (κ3) is 0.617. The van der Waals surface area contributed by atoms with E-state index < -0.39 is 0 Å². The normalized spacial score (nSPS) is 16.0. The van der Waals surface area contributed by atoms with Gasteiger partial charge in [0, 0.05) is 24.3 Å². The Morgan fingerprint density at radius 1 is 1.27 bits per heavy atom. The molecule has 56 valence electrons. The van der Waals surface area contributed by atoms with Crippen molar-refractivity contribution < 1.29 is 0 Å². The lowest BCUT2D eigenvalue weighted by molar-refractivity contribution is 0.756. The smallest absolute Gasteiger partial charge is 0.172 e. The molecule has 0 bridgehead atoms. The molecule has 0 atom stereocenters. The van der Waals surface area contributed by atoms with E-state index in [9.17, 15) is 0 Å². The molecule has 3 heterocycles. The van der Waals surface area contributed by atoms with Crippen molar-refractivity contribution in [2.75, 3.05) is 0 Å². The van der Waals surface area contributed by atoms with Gasteiger partial charge in [0.2, 0.25) is 0 Å². The third-order valence-electron chi connectivity index (χ3n) is 2.01. The maximum absolute atomic E-state index is 4.21. The van der Waals surface area contributed by atoms with Gasteiger partial charge in [0.1, 0.15) is 5.52 Å². The summed E-state index contributed by atoms with van der Waals surface area (Å²) in [6.45, 7) is 1.86. The lowest BCUT2D eigenvalue weighted by Crippen LogP contribution is -2.01. The van der Waals surface area contributed by atoms with E-state index in [4.69, 9.17) is 0 Å². The number of aromatic nitrogens is 3. The van der Waals surface area contributed by atoms with Crippen molar-refractivity contribution in [1.82, 2.24) is 19.0 Å². The quantitative estimate of drug-likeness (QED) is 0.603. The van der Waals surface area contributed by atoms with Gasteiger partial charge in [0.25, 0.3) is 0 Å². The Morgan fingerprint density at radius 3 is 3.27 bits per heavy atom. The standard InChI is InChI=1S/C6H6N4S/c1-3-4(2-7-1)8-6-5(3)9-11-10-6/h7H,1-2H2,(H,8,10). The van der Waals surface area contributed by atoms with Crippen molar-refractivity contribution in [3.8, 4) is 0 Å². The van der Waals surface area contributed by atoms with E-state index in [-0.39, 0.29) is 0 Å². The predicted octanol–water partition coefficient (Wildman–Crippen LogP) is 0.623. The van der Waals surface area contributed by atoms with Gasteiger partial charge >= 0.3 is 0 Å². The number of hydrogen-bond donors (Lipinski definition) is 2. The second-order valence-corrected chi connectivity index (χ2v) is 3.18. The number of rotatable bonds is 0. The molecule has 3 rings (SSSR count). The Balaban J connectivity index is 2.46. The Labute approximate surface area is 67.0 Å². The maximum atomic E-state index is 4.21. The van der Waals surface area contributed by atoms with Crippen molar-refractivity contribution in [3.05, 3.63) is 11.3 Å². The second-order valence-electron chi connectivity index (χ2n) is 2.65. The molecule has 1 aliphatic heterocycles. The fourth-order valence-electron chi connectivity index (χ4n) is 1.48. The monoisotopic (exact) mass is 166 g/mol. The highest BCUT2D eigenvalue weighted by molar-refractivity contribution is 7.00. The molecule has 0 radical (unpaired) electrons. The van der Waals surface area contributed by atoms with Crippen LogP contribution in [0.1, 0.15) is 11.3 Å². The van der Waals surface area contributed by atoms with Gasteiger partial charge in [-0.25, -0.2) is 0 Å². The lowest BCUT2D eigenvalue weighted by Gasteiger charge is -1.84. The van der Waals surface area contributed by atoms with E-state index in [1.165, 1.54) is 23.0 Å². The fourth-order valence-corrected chi connectivity index (χ4v) is 2.02. The van der Waals surface area contributed by atoms with E-state index in [1.54, 1.807) is 0 Å². The number of nitrogens with zero attached hydrogens (tertiary/aromatic N) is 2. The van der Waals surface area contributed by atoms with Gasteiger partial charge < -0.3 is 10.3 Å². The van der Waals surface area contributed by atoms with Crippen LogP contribution >= 0.6 is 11.7 Å². The van der Waals surface area contributed by atoms with Gasteiger partial charge in [0.05, 0.1) is 11.7 Å². The van der Waals surface area contributed by atoms with Gasteiger partial charge in [-0.3, -0.25) is 0 Å². The minimum Gasteiger partial charge on any atom is -0.339 e. The average molecular weight is 166 g/mol. The highest BCUT2D eigenvalue weighted by Gasteiger charge is 2.18. The molecule has 0 fully saturated rings. The zero-order chi connectivity index (χ0) is 7.26. The zero-order valence-corrected chi connectivity index (χ0v) is 6.53. The summed E-state index contributed by atoms with van der Waals surface area (Å²) in [5.41, 5.74) is 4.55. The Kier molecular flexibility index (Phi) is 0.931. The first-order valence-electron chi connectivity index (χ1n) is 3.48. The summed E-state index contributed by atoms with van der Waals surface area (Å²) >= 11 is 1.27. The summed E-state index contributed by atoms with van der Waals surface area (Å²) in [7, 11) is 0. The number of aromatic amines is 1. The summed E-state index contributed by atoms with van der Waals surface area (Å²) in [5.74, 6) is 0. The van der Waals surface area contributed by atoms with E-state index in [2.05, 4.69) is 19.0 Å². The summed E-state index contributed by atoms with van der Waals surface area (Å²) in [5, 5.41) is 3.26. The molecule has 2 N–H and O–H groups in total. The molecule has 2 aromatic heterocycles. The Hall–Kier alpha value is -0.940. The van der Waals surface area contributed by atoms with Crippen LogP contribution in [-0.4, -0.2) is 13.7 Å². The summed E-state index contributed by atoms with van der Waals surface area (Å²) in [6.07, 6.45) is 0. The molecular formula is C6H6N4S. The summed E-state index contributed by atoms with van der Waals surface area (Å²) in [6, 6.07) is 0. The number of fused-ring (bicyclic) bond motifs is 3. The molecule has 0 saturated heterocycles. The molecule has 1 aliphatic rings. The molecule has 2 aromatic rings. The van der Waals surface area contributed by atoms with E-state index in [0.29, 0.717) is 0 Å². The van der Waals surface area contributed by atoms with Crippen molar-refractivity contribution in [2.45, 2.75) is 13.1 Å². The largest absolute Gasteiger partial charge is 0.339 e. The molecule has 0 aliphatic carbocycles. The number of nitrogens with one attached hydrogen (secondary N) is 2. The maximum Gasteiger partial charge on any atom is 0.172 e. The van der Waals surface area contributed by atoms with Crippen LogP contribution in [0.15, 0.2) is 0 Å². The van der Waals surface area contributed by atoms with Crippen molar-refractivity contribution in [1.29, 1.82) is 0 Å². The van der Waals surface area contributed by atoms with Gasteiger partial charge in [-0.1, -0.05) is 0 Å². The van der Waals surface area contributed by atoms with E-state index >= 15 is 0 Å². The Morgan fingerprint density at radius 2 is 2.27 bits per heavy atom. The molecule has 0 spiro atoms. The van der Waals surface area contributed by atoms with Crippen LogP contribution < -0.4 is 5.32 Å². The molecular weight excluding hydrogens is 160 g/mol. The lowest BCUT2D eigenvalue weighted by atomic mass is 10.3. The van der Waals surface area contributed by atoms with Crippen molar-refractivity contribution in [3.63, 3.8) is 0 Å². The molecule has 0 amide bonds. The molecule has 4 nitrogen and oxygen atoms in total. The molecule has 0 saturated carbocycles. The van der Waals surface area contributed by atoms with Gasteiger partial charge in [0.15, 0.2) is 5.65 Å². The topological polar surface area (TPSA) is 53.6 Å². The molecule has 5 heteroatoms. The predicted molar refractivity (Wildman–Crippen MR) is 42.3 cm³/mol. The first kappa shape index (κ1) is 5.68. The zero-order valence-electron chi connectivity index (χ0n) is 5.72. The molecule has 0 aromatic carbocycles. The number of H-pyrrole nitrogens is 1. The summed E-state index contributed by atoms with van der Waals surface area (Å²) in [4.78, 5) is 3.23. The highest BCUT2D eigenvalue weighted by Crippen LogP contribution is 2.23. The van der Waals surface area contributed by atoms with Crippen LogP contribution in [0, 0.1) is 0 Å². The molecule has 11 heavy (non-hydrogen) atoms. The average Bonchev–Trinajstić information content (AvgIpc) is 2.52. The van der Waals surface area contributed by atoms with Gasteiger partial charge in [-0.05, 0) is 0 Å². The van der Waals surface area contributed by atoms with Crippen LogP contribution in [0.3, 0.4) is 0 Å². The minimum atomic E-state index is 0.929. The highest BCUT2D eigenvalue weighted by atomic mass is 32.1. The first-order valence-corrected chi connectivity index (χ1v) is 4.21. The fraction of sp³-hybridized carbons (Fsp3) is 0.333. The molecule has 0 unspecified atom stereocenters. The second kappa shape index (κ2) is 1.80. The van der Waals surface area contributed by atoms with Crippen LogP contribution in [0.2, 0.25) is 0 Å². The Bertz CT molecular complexity index is 402. The SMILES string of the molecule is C1NCc2c1[nH]c1nsnc21. The number of hydrogen-bond acceptors (Lipinski definition) is 4. The van der Waals surface area contributed by atoms with E-state index in [1.807, 2.05) is 0 Å². The van der Waals surface area contributed by atoms with Gasteiger partial charge in [-0.15, -0.1) is 0 Å². The minimum absolute atomic E-state index is 0.929. The van der Waals surface area contributed by atoms with E-state index in [0.717, 1.165) is 24.3 Å². The van der Waals surface area contributed by atoms with Gasteiger partial charge in [-0.2, -0.15) is 8.75 Å².